The first-order valence-electron chi connectivity index (χ1n) is 4.21. The molecular formula is C11H10OSi. The SMILES string of the molecule is Cc1ccc2ccccc2c1[Si]O. The van der Waals surface area contributed by atoms with Gasteiger partial charge in [0.2, 0.25) is 0 Å². The summed E-state index contributed by atoms with van der Waals surface area (Å²) in [7, 11) is -0.117. The monoisotopic (exact) mass is 186 g/mol. The lowest BCUT2D eigenvalue weighted by molar-refractivity contribution is 0.615. The van der Waals surface area contributed by atoms with E-state index >= 15 is 0 Å². The second-order valence-electron chi connectivity index (χ2n) is 3.09. The molecule has 2 heteroatoms. The fraction of sp³-hybridized carbons (Fsp3) is 0.0909. The zero-order valence-electron chi connectivity index (χ0n) is 7.41. The van der Waals surface area contributed by atoms with Gasteiger partial charge in [0.25, 0.3) is 9.76 Å². The lowest BCUT2D eigenvalue weighted by atomic mass is 10.1. The Kier molecular flexibility index (Phi) is 2.16. The fourth-order valence-electron chi connectivity index (χ4n) is 1.53. The highest BCUT2D eigenvalue weighted by molar-refractivity contribution is 6.50. The maximum atomic E-state index is 9.24. The van der Waals surface area contributed by atoms with Gasteiger partial charge in [0.05, 0.1) is 0 Å². The molecule has 64 valence electrons. The van der Waals surface area contributed by atoms with Gasteiger partial charge in [-0.2, -0.15) is 0 Å². The number of hydrogen-bond acceptors (Lipinski definition) is 1. The summed E-state index contributed by atoms with van der Waals surface area (Å²) in [6, 6.07) is 12.3. The Morgan fingerprint density at radius 2 is 1.85 bits per heavy atom. The summed E-state index contributed by atoms with van der Waals surface area (Å²) in [6.45, 7) is 2.03. The standard InChI is InChI=1S/C11H10OSi/c1-8-6-7-9-4-2-3-5-10(9)11(8)13-12/h2-7,12H,1H3. The Bertz CT molecular complexity index is 437. The molecule has 2 aromatic carbocycles. The van der Waals surface area contributed by atoms with E-state index < -0.39 is 0 Å². The number of aryl methyl sites for hydroxylation is 1. The highest BCUT2D eigenvalue weighted by Gasteiger charge is 2.03. The van der Waals surface area contributed by atoms with Crippen LogP contribution in [0.25, 0.3) is 10.8 Å². The van der Waals surface area contributed by atoms with Crippen LogP contribution in [0.4, 0.5) is 0 Å². The van der Waals surface area contributed by atoms with Crippen molar-refractivity contribution in [2.45, 2.75) is 6.92 Å². The molecule has 0 fully saturated rings. The smallest absolute Gasteiger partial charge is 0.266 e. The van der Waals surface area contributed by atoms with E-state index in [0.717, 1.165) is 5.19 Å². The zero-order chi connectivity index (χ0) is 9.26. The summed E-state index contributed by atoms with van der Waals surface area (Å²) in [5.74, 6) is 0. The molecule has 0 aliphatic rings. The van der Waals surface area contributed by atoms with Crippen molar-refractivity contribution in [1.29, 1.82) is 0 Å². The molecule has 1 nitrogen and oxygen atoms in total. The number of hydrogen-bond donors (Lipinski definition) is 1. The van der Waals surface area contributed by atoms with E-state index in [-0.39, 0.29) is 9.76 Å². The molecule has 0 saturated carbocycles. The normalized spacial score (nSPS) is 10.6. The van der Waals surface area contributed by atoms with Crippen LogP contribution in [0.3, 0.4) is 0 Å². The van der Waals surface area contributed by atoms with Crippen molar-refractivity contribution in [3.8, 4) is 0 Å². The van der Waals surface area contributed by atoms with Crippen molar-refractivity contribution < 1.29 is 4.80 Å². The predicted molar refractivity (Wildman–Crippen MR) is 56.3 cm³/mol. The molecule has 2 radical (unpaired) electrons. The van der Waals surface area contributed by atoms with Crippen molar-refractivity contribution in [3.05, 3.63) is 42.0 Å². The van der Waals surface area contributed by atoms with Crippen molar-refractivity contribution in [2.24, 2.45) is 0 Å². The average molecular weight is 186 g/mol. The molecule has 1 N–H and O–H groups in total. The second kappa shape index (κ2) is 3.32. The maximum Gasteiger partial charge on any atom is 0.266 e. The minimum Gasteiger partial charge on any atom is -0.428 e. The molecular weight excluding hydrogens is 176 g/mol. The van der Waals surface area contributed by atoms with Crippen LogP contribution in [0, 0.1) is 6.92 Å². The Labute approximate surface area is 80.0 Å². The molecule has 0 amide bonds. The third-order valence-electron chi connectivity index (χ3n) is 2.25. The van der Waals surface area contributed by atoms with Crippen molar-refractivity contribution in [3.63, 3.8) is 0 Å². The summed E-state index contributed by atoms with van der Waals surface area (Å²) in [4.78, 5) is 9.24. The van der Waals surface area contributed by atoms with Gasteiger partial charge in [-0.15, -0.1) is 0 Å². The summed E-state index contributed by atoms with van der Waals surface area (Å²) in [5, 5.41) is 3.44. The van der Waals surface area contributed by atoms with Gasteiger partial charge in [-0.05, 0) is 28.4 Å². The molecule has 2 rings (SSSR count). The van der Waals surface area contributed by atoms with Gasteiger partial charge < -0.3 is 4.80 Å². The molecule has 0 aromatic heterocycles. The van der Waals surface area contributed by atoms with E-state index in [2.05, 4.69) is 24.3 Å². The number of rotatable bonds is 1. The molecule has 0 aliphatic heterocycles. The molecule has 0 spiro atoms. The maximum absolute atomic E-state index is 9.24. The van der Waals surface area contributed by atoms with Crippen LogP contribution in [0.2, 0.25) is 0 Å². The van der Waals surface area contributed by atoms with Crippen molar-refractivity contribution >= 4 is 25.7 Å². The quantitative estimate of drug-likeness (QED) is 0.667. The van der Waals surface area contributed by atoms with Crippen LogP contribution < -0.4 is 5.19 Å². The van der Waals surface area contributed by atoms with Crippen LogP contribution in [0.15, 0.2) is 36.4 Å². The van der Waals surface area contributed by atoms with Crippen LogP contribution in [0.5, 0.6) is 0 Å². The van der Waals surface area contributed by atoms with Gasteiger partial charge in [0, 0.05) is 0 Å². The van der Waals surface area contributed by atoms with Gasteiger partial charge in [-0.1, -0.05) is 36.4 Å². The van der Waals surface area contributed by atoms with Gasteiger partial charge in [-0.25, -0.2) is 0 Å². The van der Waals surface area contributed by atoms with E-state index in [1.807, 2.05) is 19.1 Å². The highest BCUT2D eigenvalue weighted by Crippen LogP contribution is 2.12. The minimum atomic E-state index is -0.117. The van der Waals surface area contributed by atoms with Gasteiger partial charge in [-0.3, -0.25) is 0 Å². The van der Waals surface area contributed by atoms with E-state index in [1.54, 1.807) is 0 Å². The average Bonchev–Trinajstić information content (AvgIpc) is 2.18. The molecule has 2 aromatic rings. The minimum absolute atomic E-state index is 0.117. The summed E-state index contributed by atoms with van der Waals surface area (Å²) >= 11 is 0. The van der Waals surface area contributed by atoms with Gasteiger partial charge >= 0.3 is 0 Å². The van der Waals surface area contributed by atoms with Gasteiger partial charge in [0.15, 0.2) is 0 Å². The lowest BCUT2D eigenvalue weighted by Gasteiger charge is -2.05. The second-order valence-corrected chi connectivity index (χ2v) is 3.81. The first kappa shape index (κ1) is 8.47. The van der Waals surface area contributed by atoms with Crippen LogP contribution in [-0.2, 0) is 0 Å². The third-order valence-corrected chi connectivity index (χ3v) is 3.14. The summed E-state index contributed by atoms with van der Waals surface area (Å²) in [5.41, 5.74) is 1.17. The molecule has 0 atom stereocenters. The lowest BCUT2D eigenvalue weighted by Crippen LogP contribution is -2.17. The topological polar surface area (TPSA) is 20.2 Å². The molecule has 0 heterocycles. The molecule has 0 saturated heterocycles. The predicted octanol–water partition coefficient (Wildman–Crippen LogP) is 1.39. The molecule has 13 heavy (non-hydrogen) atoms. The number of benzene rings is 2. The van der Waals surface area contributed by atoms with E-state index in [4.69, 9.17) is 0 Å². The summed E-state index contributed by atoms with van der Waals surface area (Å²) in [6.07, 6.45) is 0. The first-order chi connectivity index (χ1) is 6.33. The summed E-state index contributed by atoms with van der Waals surface area (Å²) < 4.78 is 0. The van der Waals surface area contributed by atoms with Crippen molar-refractivity contribution in [2.75, 3.05) is 0 Å². The fourth-order valence-corrected chi connectivity index (χ4v) is 2.14. The van der Waals surface area contributed by atoms with Gasteiger partial charge in [0.1, 0.15) is 0 Å². The van der Waals surface area contributed by atoms with Crippen molar-refractivity contribution in [1.82, 2.24) is 0 Å². The first-order valence-corrected chi connectivity index (χ1v) is 5.16. The molecule has 0 bridgehead atoms. The highest BCUT2D eigenvalue weighted by atomic mass is 28.2. The molecule has 0 aliphatic carbocycles. The molecule has 0 unspecified atom stereocenters. The van der Waals surface area contributed by atoms with Crippen LogP contribution in [0.1, 0.15) is 5.56 Å². The van der Waals surface area contributed by atoms with Crippen LogP contribution in [-0.4, -0.2) is 14.6 Å². The Hall–Kier alpha value is -1.12. The van der Waals surface area contributed by atoms with E-state index in [0.29, 0.717) is 0 Å². The van der Waals surface area contributed by atoms with E-state index in [9.17, 15) is 4.80 Å². The third kappa shape index (κ3) is 1.38. The van der Waals surface area contributed by atoms with Crippen LogP contribution >= 0.6 is 0 Å². The zero-order valence-corrected chi connectivity index (χ0v) is 8.41. The largest absolute Gasteiger partial charge is 0.428 e. The Morgan fingerprint density at radius 1 is 1.08 bits per heavy atom. The van der Waals surface area contributed by atoms with E-state index in [1.165, 1.54) is 16.3 Å². The Balaban J connectivity index is 2.84. The Morgan fingerprint density at radius 3 is 2.62 bits per heavy atom. The number of fused-ring (bicyclic) bond motifs is 1.